The van der Waals surface area contributed by atoms with Crippen molar-refractivity contribution in [2.45, 2.75) is 13.5 Å². The zero-order chi connectivity index (χ0) is 17.6. The van der Waals surface area contributed by atoms with Gasteiger partial charge < -0.3 is 10.2 Å². The molecule has 1 aliphatic heterocycles. The molecule has 3 rings (SSSR count). The number of hydrogen-bond acceptors (Lipinski definition) is 3. The summed E-state index contributed by atoms with van der Waals surface area (Å²) in [5, 5.41) is 12.0. The summed E-state index contributed by atoms with van der Waals surface area (Å²) >= 11 is 0. The predicted molar refractivity (Wildman–Crippen MR) is 98.2 cm³/mol. The molecular formula is C20H22N4O. The molecule has 0 atom stereocenters. The third-order valence-electron chi connectivity index (χ3n) is 4.60. The first-order chi connectivity index (χ1) is 12.2. The van der Waals surface area contributed by atoms with Crippen LogP contribution >= 0.6 is 0 Å². The molecule has 0 spiro atoms. The van der Waals surface area contributed by atoms with Gasteiger partial charge in [0.25, 0.3) is 0 Å². The average molecular weight is 334 g/mol. The second-order valence-electron chi connectivity index (χ2n) is 6.28. The number of rotatable bonds is 3. The lowest BCUT2D eigenvalue weighted by molar-refractivity contribution is 0.143. The number of aryl methyl sites for hydroxylation is 1. The fourth-order valence-corrected chi connectivity index (χ4v) is 3.02. The van der Waals surface area contributed by atoms with E-state index in [1.165, 1.54) is 11.1 Å². The van der Waals surface area contributed by atoms with Gasteiger partial charge in [-0.2, -0.15) is 5.26 Å². The Bertz CT molecular complexity index is 788. The molecule has 0 aromatic heterocycles. The largest absolute Gasteiger partial charge is 0.322 e. The Morgan fingerprint density at radius 1 is 1.08 bits per heavy atom. The van der Waals surface area contributed by atoms with Crippen LogP contribution < -0.4 is 5.32 Å². The molecule has 0 unspecified atom stereocenters. The molecule has 25 heavy (non-hydrogen) atoms. The molecule has 1 aliphatic rings. The third kappa shape index (κ3) is 4.17. The Kier molecular flexibility index (Phi) is 5.32. The van der Waals surface area contributed by atoms with Gasteiger partial charge in [-0.25, -0.2) is 4.79 Å². The van der Waals surface area contributed by atoms with Crippen LogP contribution in [0.4, 0.5) is 10.5 Å². The van der Waals surface area contributed by atoms with E-state index in [0.717, 1.165) is 19.6 Å². The molecule has 2 aromatic carbocycles. The SMILES string of the molecule is Cc1ccccc1CN1CCN(C(=O)Nc2ccccc2C#N)CC1. The third-order valence-corrected chi connectivity index (χ3v) is 4.60. The predicted octanol–water partition coefficient (Wildman–Crippen LogP) is 3.22. The molecule has 2 aromatic rings. The van der Waals surface area contributed by atoms with E-state index >= 15 is 0 Å². The molecular weight excluding hydrogens is 312 g/mol. The summed E-state index contributed by atoms with van der Waals surface area (Å²) < 4.78 is 0. The molecule has 5 heteroatoms. The Morgan fingerprint density at radius 2 is 1.76 bits per heavy atom. The zero-order valence-electron chi connectivity index (χ0n) is 14.4. The van der Waals surface area contributed by atoms with Gasteiger partial charge in [0.2, 0.25) is 0 Å². The zero-order valence-corrected chi connectivity index (χ0v) is 14.4. The van der Waals surface area contributed by atoms with Crippen LogP contribution in [0.2, 0.25) is 0 Å². The van der Waals surface area contributed by atoms with Crippen molar-refractivity contribution >= 4 is 11.7 Å². The van der Waals surface area contributed by atoms with Gasteiger partial charge in [0, 0.05) is 32.7 Å². The first kappa shape index (κ1) is 17.0. The molecule has 1 N–H and O–H groups in total. The molecule has 5 nitrogen and oxygen atoms in total. The lowest BCUT2D eigenvalue weighted by atomic mass is 10.1. The minimum Gasteiger partial charge on any atom is -0.322 e. The van der Waals surface area contributed by atoms with Crippen LogP contribution in [0.1, 0.15) is 16.7 Å². The Hall–Kier alpha value is -2.84. The van der Waals surface area contributed by atoms with Crippen LogP contribution in [0.3, 0.4) is 0 Å². The van der Waals surface area contributed by atoms with Gasteiger partial charge in [-0.05, 0) is 30.2 Å². The molecule has 1 fully saturated rings. The Labute approximate surface area is 148 Å². The van der Waals surface area contributed by atoms with E-state index in [2.05, 4.69) is 47.5 Å². The fraction of sp³-hybridized carbons (Fsp3) is 0.300. The van der Waals surface area contributed by atoms with Crippen LogP contribution in [0.5, 0.6) is 0 Å². The first-order valence-corrected chi connectivity index (χ1v) is 8.49. The van der Waals surface area contributed by atoms with Gasteiger partial charge in [0.1, 0.15) is 6.07 Å². The maximum Gasteiger partial charge on any atom is 0.321 e. The normalized spacial score (nSPS) is 14.8. The number of anilines is 1. The van der Waals surface area contributed by atoms with Gasteiger partial charge in [-0.1, -0.05) is 36.4 Å². The number of amides is 2. The molecule has 0 saturated carbocycles. The lowest BCUT2D eigenvalue weighted by Gasteiger charge is -2.35. The maximum absolute atomic E-state index is 12.4. The van der Waals surface area contributed by atoms with Crippen molar-refractivity contribution in [1.29, 1.82) is 5.26 Å². The van der Waals surface area contributed by atoms with Crippen LogP contribution in [0, 0.1) is 18.3 Å². The molecule has 128 valence electrons. The first-order valence-electron chi connectivity index (χ1n) is 8.49. The Balaban J connectivity index is 1.54. The topological polar surface area (TPSA) is 59.4 Å². The number of para-hydroxylation sites is 1. The van der Waals surface area contributed by atoms with Crippen LogP contribution in [0.25, 0.3) is 0 Å². The van der Waals surface area contributed by atoms with E-state index in [9.17, 15) is 4.79 Å². The lowest BCUT2D eigenvalue weighted by Crippen LogP contribution is -2.49. The highest BCUT2D eigenvalue weighted by Crippen LogP contribution is 2.16. The smallest absolute Gasteiger partial charge is 0.321 e. The summed E-state index contributed by atoms with van der Waals surface area (Å²) in [6.45, 7) is 6.12. The van der Waals surface area contributed by atoms with Gasteiger partial charge >= 0.3 is 6.03 Å². The van der Waals surface area contributed by atoms with Crippen LogP contribution in [-0.4, -0.2) is 42.0 Å². The van der Waals surface area contributed by atoms with Gasteiger partial charge in [-0.3, -0.25) is 4.90 Å². The summed E-state index contributed by atoms with van der Waals surface area (Å²) in [5.41, 5.74) is 3.69. The molecule has 0 radical (unpaired) electrons. The number of nitrogens with one attached hydrogen (secondary N) is 1. The summed E-state index contributed by atoms with van der Waals surface area (Å²) in [6.07, 6.45) is 0. The number of hydrogen-bond donors (Lipinski definition) is 1. The molecule has 2 amide bonds. The minimum atomic E-state index is -0.141. The number of nitriles is 1. The van der Waals surface area contributed by atoms with E-state index in [1.54, 1.807) is 18.2 Å². The minimum absolute atomic E-state index is 0.141. The van der Waals surface area contributed by atoms with Crippen molar-refractivity contribution in [2.75, 3.05) is 31.5 Å². The molecule has 0 bridgehead atoms. The maximum atomic E-state index is 12.4. The highest BCUT2D eigenvalue weighted by molar-refractivity contribution is 5.90. The van der Waals surface area contributed by atoms with Crippen molar-refractivity contribution < 1.29 is 4.79 Å². The van der Waals surface area contributed by atoms with Crippen molar-refractivity contribution in [3.8, 4) is 6.07 Å². The molecule has 0 aliphatic carbocycles. The monoisotopic (exact) mass is 334 g/mol. The van der Waals surface area contributed by atoms with Crippen molar-refractivity contribution in [3.63, 3.8) is 0 Å². The van der Waals surface area contributed by atoms with E-state index in [1.807, 2.05) is 11.0 Å². The average Bonchev–Trinajstić information content (AvgIpc) is 2.64. The summed E-state index contributed by atoms with van der Waals surface area (Å²) in [6, 6.07) is 17.4. The highest BCUT2D eigenvalue weighted by atomic mass is 16.2. The number of carbonyl (C=O) groups excluding carboxylic acids is 1. The summed E-state index contributed by atoms with van der Waals surface area (Å²) in [5.74, 6) is 0. The Morgan fingerprint density at radius 3 is 2.48 bits per heavy atom. The molecule has 1 heterocycles. The van der Waals surface area contributed by atoms with Crippen molar-refractivity contribution in [1.82, 2.24) is 9.80 Å². The van der Waals surface area contributed by atoms with Crippen molar-refractivity contribution in [3.05, 3.63) is 65.2 Å². The van der Waals surface area contributed by atoms with Gasteiger partial charge in [0.15, 0.2) is 0 Å². The van der Waals surface area contributed by atoms with Crippen LogP contribution in [-0.2, 0) is 6.54 Å². The second-order valence-corrected chi connectivity index (χ2v) is 6.28. The van der Waals surface area contributed by atoms with Gasteiger partial charge in [0.05, 0.1) is 11.3 Å². The van der Waals surface area contributed by atoms with E-state index < -0.39 is 0 Å². The summed E-state index contributed by atoms with van der Waals surface area (Å²) in [4.78, 5) is 16.6. The van der Waals surface area contributed by atoms with Crippen molar-refractivity contribution in [2.24, 2.45) is 0 Å². The standard InChI is InChI=1S/C20H22N4O/c1-16-6-2-3-8-18(16)15-23-10-12-24(13-11-23)20(25)22-19-9-5-4-7-17(19)14-21/h2-9H,10-13,15H2,1H3,(H,22,25). The quantitative estimate of drug-likeness (QED) is 0.937. The van der Waals surface area contributed by atoms with Crippen LogP contribution in [0.15, 0.2) is 48.5 Å². The number of nitrogens with zero attached hydrogens (tertiary/aromatic N) is 3. The number of carbonyl (C=O) groups is 1. The number of piperazine rings is 1. The van der Waals surface area contributed by atoms with E-state index in [-0.39, 0.29) is 6.03 Å². The fourth-order valence-electron chi connectivity index (χ4n) is 3.02. The molecule has 1 saturated heterocycles. The second kappa shape index (κ2) is 7.82. The van der Waals surface area contributed by atoms with E-state index in [0.29, 0.717) is 24.3 Å². The number of benzene rings is 2. The number of urea groups is 1. The van der Waals surface area contributed by atoms with E-state index in [4.69, 9.17) is 5.26 Å². The summed E-state index contributed by atoms with van der Waals surface area (Å²) in [7, 11) is 0. The highest BCUT2D eigenvalue weighted by Gasteiger charge is 2.21. The van der Waals surface area contributed by atoms with Gasteiger partial charge in [-0.15, -0.1) is 0 Å².